The zero-order chi connectivity index (χ0) is 14.3. The van der Waals surface area contributed by atoms with Gasteiger partial charge in [0.15, 0.2) is 5.82 Å². The predicted molar refractivity (Wildman–Crippen MR) is 79.4 cm³/mol. The lowest BCUT2D eigenvalue weighted by atomic mass is 10.2. The van der Waals surface area contributed by atoms with E-state index in [0.717, 1.165) is 10.9 Å². The molecule has 0 fully saturated rings. The zero-order valence-corrected chi connectivity index (χ0v) is 12.6. The van der Waals surface area contributed by atoms with Crippen molar-refractivity contribution in [2.24, 2.45) is 0 Å². The van der Waals surface area contributed by atoms with Crippen LogP contribution in [0.5, 0.6) is 0 Å². The third-order valence-electron chi connectivity index (χ3n) is 3.11. The third-order valence-corrected chi connectivity index (χ3v) is 3.64. The summed E-state index contributed by atoms with van der Waals surface area (Å²) in [5, 5.41) is 6.16. The largest absolute Gasteiger partial charge is 0.338 e. The first-order chi connectivity index (χ1) is 9.54. The van der Waals surface area contributed by atoms with Crippen molar-refractivity contribution in [2.75, 3.05) is 0 Å². The molecule has 104 valence electrons. The number of hydrogen-bond donors (Lipinski definition) is 0. The molecule has 2 aromatic heterocycles. The Balaban J connectivity index is 1.98. The molecule has 0 saturated heterocycles. The lowest BCUT2D eigenvalue weighted by Crippen LogP contribution is -1.99. The minimum Gasteiger partial charge on any atom is -0.338 e. The van der Waals surface area contributed by atoms with Crippen LogP contribution in [-0.4, -0.2) is 14.7 Å². The van der Waals surface area contributed by atoms with E-state index in [4.69, 9.17) is 27.7 Å². The van der Waals surface area contributed by atoms with E-state index in [0.29, 0.717) is 28.3 Å². The van der Waals surface area contributed by atoms with Crippen LogP contribution in [0.15, 0.2) is 28.9 Å². The monoisotopic (exact) mass is 309 g/mol. The van der Waals surface area contributed by atoms with E-state index in [1.54, 1.807) is 6.07 Å². The summed E-state index contributed by atoms with van der Waals surface area (Å²) in [5.41, 5.74) is 0.951. The van der Waals surface area contributed by atoms with Gasteiger partial charge in [-0.2, -0.15) is 4.98 Å². The van der Waals surface area contributed by atoms with Gasteiger partial charge in [0.2, 0.25) is 5.89 Å². The molecular weight excluding hydrogens is 297 g/mol. The molecular formula is C14H13Cl2N3O. The molecule has 4 nitrogen and oxygen atoms in total. The van der Waals surface area contributed by atoms with Gasteiger partial charge in [0.05, 0.1) is 10.5 Å². The first kappa shape index (κ1) is 13.5. The second-order valence-corrected chi connectivity index (χ2v) is 5.81. The highest BCUT2D eigenvalue weighted by Gasteiger charge is 2.12. The lowest BCUT2D eigenvalue weighted by molar-refractivity contribution is 0.366. The molecule has 0 N–H and O–H groups in total. The summed E-state index contributed by atoms with van der Waals surface area (Å²) >= 11 is 12.2. The van der Waals surface area contributed by atoms with Crippen LogP contribution in [0, 0.1) is 0 Å². The molecule has 3 rings (SSSR count). The Hall–Kier alpha value is -1.52. The van der Waals surface area contributed by atoms with Crippen molar-refractivity contribution in [1.29, 1.82) is 0 Å². The molecule has 1 aromatic carbocycles. The van der Waals surface area contributed by atoms with Gasteiger partial charge >= 0.3 is 0 Å². The minimum absolute atomic E-state index is 0.248. The van der Waals surface area contributed by atoms with Crippen molar-refractivity contribution in [3.63, 3.8) is 0 Å². The highest BCUT2D eigenvalue weighted by molar-refractivity contribution is 6.38. The van der Waals surface area contributed by atoms with Crippen LogP contribution in [-0.2, 0) is 6.54 Å². The van der Waals surface area contributed by atoms with Crippen molar-refractivity contribution in [3.8, 4) is 0 Å². The van der Waals surface area contributed by atoms with E-state index < -0.39 is 0 Å². The molecule has 3 aromatic rings. The van der Waals surface area contributed by atoms with Crippen molar-refractivity contribution >= 4 is 34.1 Å². The van der Waals surface area contributed by atoms with Gasteiger partial charge in [-0.05, 0) is 18.2 Å². The average Bonchev–Trinajstić information content (AvgIpc) is 2.98. The Labute approximate surface area is 126 Å². The Morgan fingerprint density at radius 2 is 2.10 bits per heavy atom. The van der Waals surface area contributed by atoms with Crippen LogP contribution >= 0.6 is 23.2 Å². The van der Waals surface area contributed by atoms with Gasteiger partial charge < -0.3 is 9.09 Å². The molecule has 0 saturated carbocycles. The van der Waals surface area contributed by atoms with E-state index in [1.807, 2.05) is 36.7 Å². The van der Waals surface area contributed by atoms with Gasteiger partial charge in [-0.15, -0.1) is 0 Å². The average molecular weight is 310 g/mol. The maximum Gasteiger partial charge on any atom is 0.246 e. The van der Waals surface area contributed by atoms with E-state index in [1.165, 1.54) is 0 Å². The Morgan fingerprint density at radius 3 is 2.80 bits per heavy atom. The van der Waals surface area contributed by atoms with E-state index in [-0.39, 0.29) is 5.92 Å². The molecule has 0 atom stereocenters. The molecule has 6 heteroatoms. The van der Waals surface area contributed by atoms with Gasteiger partial charge in [0, 0.05) is 22.5 Å². The lowest BCUT2D eigenvalue weighted by Gasteiger charge is -2.03. The number of halogens is 2. The maximum absolute atomic E-state index is 6.18. The summed E-state index contributed by atoms with van der Waals surface area (Å²) in [6, 6.07) is 5.57. The molecule has 0 aliphatic heterocycles. The summed E-state index contributed by atoms with van der Waals surface area (Å²) in [5.74, 6) is 1.53. The highest BCUT2D eigenvalue weighted by Crippen LogP contribution is 2.29. The zero-order valence-electron chi connectivity index (χ0n) is 11.1. The van der Waals surface area contributed by atoms with Gasteiger partial charge in [-0.25, -0.2) is 0 Å². The predicted octanol–water partition coefficient (Wildman–Crippen LogP) is 4.50. The molecule has 2 heterocycles. The standard InChI is InChI=1S/C14H13Cl2N3O/c1-8(2)14-17-13(20-18-14)7-19-4-3-10-11(16)5-9(15)6-12(10)19/h3-6,8H,7H2,1-2H3. The fourth-order valence-electron chi connectivity index (χ4n) is 2.07. The van der Waals surface area contributed by atoms with Gasteiger partial charge in [-0.1, -0.05) is 42.2 Å². The smallest absolute Gasteiger partial charge is 0.246 e. The summed E-state index contributed by atoms with van der Waals surface area (Å²) in [6.45, 7) is 4.55. The summed E-state index contributed by atoms with van der Waals surface area (Å²) in [7, 11) is 0. The van der Waals surface area contributed by atoms with E-state index >= 15 is 0 Å². The quantitative estimate of drug-likeness (QED) is 0.715. The van der Waals surface area contributed by atoms with Crippen molar-refractivity contribution in [3.05, 3.63) is 46.2 Å². The normalized spacial score (nSPS) is 11.7. The highest BCUT2D eigenvalue weighted by atomic mass is 35.5. The van der Waals surface area contributed by atoms with Gasteiger partial charge in [0.25, 0.3) is 0 Å². The first-order valence-corrected chi connectivity index (χ1v) is 7.06. The Kier molecular flexibility index (Phi) is 3.44. The summed E-state index contributed by atoms with van der Waals surface area (Å²) < 4.78 is 7.25. The van der Waals surface area contributed by atoms with Crippen LogP contribution in [0.4, 0.5) is 0 Å². The van der Waals surface area contributed by atoms with Crippen LogP contribution in [0.2, 0.25) is 10.0 Å². The van der Waals surface area contributed by atoms with Crippen molar-refractivity contribution in [2.45, 2.75) is 26.3 Å². The SMILES string of the molecule is CC(C)c1noc(Cn2ccc3c(Cl)cc(Cl)cc32)n1. The summed E-state index contributed by atoms with van der Waals surface area (Å²) in [4.78, 5) is 4.37. The number of fused-ring (bicyclic) bond motifs is 1. The third kappa shape index (κ3) is 2.41. The number of hydrogen-bond acceptors (Lipinski definition) is 3. The molecule has 0 unspecified atom stereocenters. The van der Waals surface area contributed by atoms with Crippen LogP contribution < -0.4 is 0 Å². The molecule has 0 aliphatic rings. The Morgan fingerprint density at radius 1 is 1.30 bits per heavy atom. The summed E-state index contributed by atoms with van der Waals surface area (Å²) in [6.07, 6.45) is 1.94. The Bertz CT molecular complexity index is 761. The fourth-order valence-corrected chi connectivity index (χ4v) is 2.61. The molecule has 0 spiro atoms. The van der Waals surface area contributed by atoms with Gasteiger partial charge in [0.1, 0.15) is 6.54 Å². The van der Waals surface area contributed by atoms with Crippen LogP contribution in [0.1, 0.15) is 31.5 Å². The van der Waals surface area contributed by atoms with Crippen LogP contribution in [0.3, 0.4) is 0 Å². The number of nitrogens with zero attached hydrogens (tertiary/aromatic N) is 3. The number of rotatable bonds is 3. The van der Waals surface area contributed by atoms with E-state index in [2.05, 4.69) is 10.1 Å². The van der Waals surface area contributed by atoms with Gasteiger partial charge in [-0.3, -0.25) is 0 Å². The molecule has 0 amide bonds. The molecule has 0 bridgehead atoms. The molecule has 20 heavy (non-hydrogen) atoms. The number of aromatic nitrogens is 3. The maximum atomic E-state index is 6.18. The number of benzene rings is 1. The van der Waals surface area contributed by atoms with E-state index in [9.17, 15) is 0 Å². The molecule has 0 radical (unpaired) electrons. The topological polar surface area (TPSA) is 43.9 Å². The van der Waals surface area contributed by atoms with Crippen LogP contribution in [0.25, 0.3) is 10.9 Å². The fraction of sp³-hybridized carbons (Fsp3) is 0.286. The van der Waals surface area contributed by atoms with Crippen molar-refractivity contribution < 1.29 is 4.52 Å². The second-order valence-electron chi connectivity index (χ2n) is 4.97. The second kappa shape index (κ2) is 5.11. The first-order valence-electron chi connectivity index (χ1n) is 6.31. The minimum atomic E-state index is 0.248. The molecule has 0 aliphatic carbocycles. The van der Waals surface area contributed by atoms with Crippen molar-refractivity contribution in [1.82, 2.24) is 14.7 Å².